The van der Waals surface area contributed by atoms with Crippen LogP contribution in [0.3, 0.4) is 0 Å². The minimum absolute atomic E-state index is 0.0731. The molecule has 170 valence electrons. The Balaban J connectivity index is 2.07. The first-order chi connectivity index (χ1) is 15.0. The van der Waals surface area contributed by atoms with Crippen LogP contribution in [0.2, 0.25) is 18.1 Å². The van der Waals surface area contributed by atoms with Crippen molar-refractivity contribution in [3.63, 3.8) is 0 Å². The van der Waals surface area contributed by atoms with Crippen LogP contribution in [0.15, 0.2) is 42.6 Å². The molecule has 0 aliphatic heterocycles. The van der Waals surface area contributed by atoms with Crippen LogP contribution in [0.5, 0.6) is 5.75 Å². The minimum Gasteiger partial charge on any atom is -0.540 e. The molecule has 0 unspecified atom stereocenters. The molecular weight excluding hydrogens is 423 g/mol. The van der Waals surface area contributed by atoms with Crippen molar-refractivity contribution in [2.75, 3.05) is 11.9 Å². The standard InChI is InChI=1S/C24H31FN4O2Si/c1-7-26-22-18-9-8-14-27-19(18)21(31-32(5,6)24(2,3)4)20(29-22)23(30)28-15-16-10-12-17(25)13-11-16/h8-14H,7,15H2,1-6H3,(H,26,29)(H,28,30). The first-order valence-corrected chi connectivity index (χ1v) is 13.7. The monoisotopic (exact) mass is 454 g/mol. The Morgan fingerprint density at radius 1 is 1.16 bits per heavy atom. The third-order valence-electron chi connectivity index (χ3n) is 5.81. The highest BCUT2D eigenvalue weighted by molar-refractivity contribution is 6.74. The van der Waals surface area contributed by atoms with Crippen LogP contribution >= 0.6 is 0 Å². The van der Waals surface area contributed by atoms with Crippen LogP contribution < -0.4 is 15.1 Å². The van der Waals surface area contributed by atoms with Gasteiger partial charge in [-0.05, 0) is 54.9 Å². The Hall–Kier alpha value is -3.00. The number of amides is 1. The fourth-order valence-corrected chi connectivity index (χ4v) is 3.95. The van der Waals surface area contributed by atoms with Gasteiger partial charge in [0.1, 0.15) is 17.2 Å². The molecule has 0 fully saturated rings. The molecule has 6 nitrogen and oxygen atoms in total. The van der Waals surface area contributed by atoms with Crippen LogP contribution in [0.4, 0.5) is 10.2 Å². The number of fused-ring (bicyclic) bond motifs is 1. The first kappa shape index (κ1) is 23.7. The number of carbonyl (C=O) groups excluding carboxylic acids is 1. The van der Waals surface area contributed by atoms with E-state index < -0.39 is 8.32 Å². The number of aromatic nitrogens is 2. The van der Waals surface area contributed by atoms with E-state index in [1.807, 2.05) is 19.1 Å². The van der Waals surface area contributed by atoms with Crippen molar-refractivity contribution in [1.82, 2.24) is 15.3 Å². The molecule has 1 aromatic carbocycles. The summed E-state index contributed by atoms with van der Waals surface area (Å²) < 4.78 is 19.8. The number of nitrogens with one attached hydrogen (secondary N) is 2. The molecule has 1 amide bonds. The first-order valence-electron chi connectivity index (χ1n) is 10.8. The maximum Gasteiger partial charge on any atom is 0.274 e. The van der Waals surface area contributed by atoms with Crippen molar-refractivity contribution in [1.29, 1.82) is 0 Å². The molecule has 0 saturated carbocycles. The summed E-state index contributed by atoms with van der Waals surface area (Å²) in [6, 6.07) is 9.79. The number of halogens is 1. The fourth-order valence-electron chi connectivity index (χ4n) is 2.94. The van der Waals surface area contributed by atoms with Crippen molar-refractivity contribution >= 4 is 30.9 Å². The fraction of sp³-hybridized carbons (Fsp3) is 0.375. The van der Waals surface area contributed by atoms with E-state index in [0.717, 1.165) is 10.9 Å². The molecule has 0 bridgehead atoms. The number of rotatable bonds is 7. The SMILES string of the molecule is CCNc1nc(C(=O)NCc2ccc(F)cc2)c(O[Si](C)(C)C(C)(C)C)c2ncccc12. The van der Waals surface area contributed by atoms with E-state index in [2.05, 4.69) is 54.5 Å². The molecule has 2 N–H and O–H groups in total. The van der Waals surface area contributed by atoms with Crippen molar-refractivity contribution in [2.24, 2.45) is 0 Å². The van der Waals surface area contributed by atoms with Crippen LogP contribution in [0.1, 0.15) is 43.7 Å². The number of pyridine rings is 2. The molecular formula is C24H31FN4O2Si. The number of hydrogen-bond donors (Lipinski definition) is 2. The topological polar surface area (TPSA) is 76.1 Å². The number of carbonyl (C=O) groups is 1. The molecule has 3 rings (SSSR count). The highest BCUT2D eigenvalue weighted by atomic mass is 28.4. The largest absolute Gasteiger partial charge is 0.540 e. The molecule has 2 heterocycles. The molecule has 0 atom stereocenters. The third kappa shape index (κ3) is 5.07. The molecule has 0 aliphatic rings. The van der Waals surface area contributed by atoms with E-state index >= 15 is 0 Å². The maximum atomic E-state index is 13.3. The highest BCUT2D eigenvalue weighted by Gasteiger charge is 2.40. The minimum atomic E-state index is -2.29. The van der Waals surface area contributed by atoms with Gasteiger partial charge >= 0.3 is 0 Å². The predicted molar refractivity (Wildman–Crippen MR) is 129 cm³/mol. The molecule has 2 aromatic heterocycles. The Labute approximate surface area is 189 Å². The number of nitrogens with zero attached hydrogens (tertiary/aromatic N) is 2. The zero-order valence-electron chi connectivity index (χ0n) is 19.5. The number of benzene rings is 1. The van der Waals surface area contributed by atoms with Crippen molar-refractivity contribution in [3.05, 3.63) is 59.7 Å². The Kier molecular flexibility index (Phi) is 6.83. The number of hydrogen-bond acceptors (Lipinski definition) is 5. The van der Waals surface area contributed by atoms with Gasteiger partial charge in [-0.25, -0.2) is 9.37 Å². The molecule has 0 radical (unpaired) electrons. The lowest BCUT2D eigenvalue weighted by molar-refractivity contribution is 0.0944. The quantitative estimate of drug-likeness (QED) is 0.460. The van der Waals surface area contributed by atoms with E-state index in [0.29, 0.717) is 23.6 Å². The van der Waals surface area contributed by atoms with E-state index in [4.69, 9.17) is 4.43 Å². The lowest BCUT2D eigenvalue weighted by Gasteiger charge is -2.37. The van der Waals surface area contributed by atoms with E-state index in [9.17, 15) is 9.18 Å². The second-order valence-electron chi connectivity index (χ2n) is 9.24. The van der Waals surface area contributed by atoms with Crippen LogP contribution in [-0.4, -0.2) is 30.7 Å². The summed E-state index contributed by atoms with van der Waals surface area (Å²) in [6.07, 6.45) is 1.69. The highest BCUT2D eigenvalue weighted by Crippen LogP contribution is 2.40. The van der Waals surface area contributed by atoms with Crippen LogP contribution in [-0.2, 0) is 6.54 Å². The van der Waals surface area contributed by atoms with Crippen molar-refractivity contribution in [3.8, 4) is 5.75 Å². The average Bonchev–Trinajstić information content (AvgIpc) is 2.74. The maximum absolute atomic E-state index is 13.3. The smallest absolute Gasteiger partial charge is 0.274 e. The van der Waals surface area contributed by atoms with E-state index in [-0.39, 0.29) is 29.0 Å². The normalized spacial score (nSPS) is 12.0. The van der Waals surface area contributed by atoms with Gasteiger partial charge < -0.3 is 15.1 Å². The van der Waals surface area contributed by atoms with Gasteiger partial charge in [-0.2, -0.15) is 0 Å². The van der Waals surface area contributed by atoms with E-state index in [1.54, 1.807) is 18.3 Å². The summed E-state index contributed by atoms with van der Waals surface area (Å²) in [5.74, 6) is 0.313. The zero-order valence-corrected chi connectivity index (χ0v) is 20.5. The van der Waals surface area contributed by atoms with Crippen LogP contribution in [0.25, 0.3) is 10.9 Å². The summed E-state index contributed by atoms with van der Waals surface area (Å²) in [5, 5.41) is 6.85. The van der Waals surface area contributed by atoms with Crippen molar-refractivity contribution in [2.45, 2.75) is 52.4 Å². The predicted octanol–water partition coefficient (Wildman–Crippen LogP) is 5.51. The average molecular weight is 455 g/mol. The Bertz CT molecular complexity index is 1110. The second kappa shape index (κ2) is 9.24. The summed E-state index contributed by atoms with van der Waals surface area (Å²) in [4.78, 5) is 22.5. The lowest BCUT2D eigenvalue weighted by Crippen LogP contribution is -2.44. The van der Waals surface area contributed by atoms with E-state index in [1.165, 1.54) is 12.1 Å². The molecule has 0 saturated heterocycles. The van der Waals surface area contributed by atoms with Gasteiger partial charge in [0, 0.05) is 24.7 Å². The van der Waals surface area contributed by atoms with Crippen LogP contribution in [0, 0.1) is 5.82 Å². The van der Waals surface area contributed by atoms with Gasteiger partial charge in [0.25, 0.3) is 14.2 Å². The molecule has 0 spiro atoms. The van der Waals surface area contributed by atoms with Gasteiger partial charge in [-0.1, -0.05) is 32.9 Å². The summed E-state index contributed by atoms with van der Waals surface area (Å²) in [7, 11) is -2.29. The summed E-state index contributed by atoms with van der Waals surface area (Å²) in [5.41, 5.74) is 1.59. The van der Waals surface area contributed by atoms with Gasteiger partial charge in [0.2, 0.25) is 0 Å². The third-order valence-corrected chi connectivity index (χ3v) is 10.1. The lowest BCUT2D eigenvalue weighted by atomic mass is 10.2. The summed E-state index contributed by atoms with van der Waals surface area (Å²) >= 11 is 0. The van der Waals surface area contributed by atoms with Gasteiger partial charge in [-0.3, -0.25) is 9.78 Å². The Morgan fingerprint density at radius 3 is 2.47 bits per heavy atom. The molecule has 0 aliphatic carbocycles. The van der Waals surface area contributed by atoms with Gasteiger partial charge in [0.15, 0.2) is 11.4 Å². The van der Waals surface area contributed by atoms with Gasteiger partial charge in [0.05, 0.1) is 0 Å². The summed E-state index contributed by atoms with van der Waals surface area (Å²) in [6.45, 7) is 13.5. The van der Waals surface area contributed by atoms with Crippen molar-refractivity contribution < 1.29 is 13.6 Å². The molecule has 8 heteroatoms. The zero-order chi connectivity index (χ0) is 23.5. The molecule has 32 heavy (non-hydrogen) atoms. The Morgan fingerprint density at radius 2 is 1.84 bits per heavy atom. The molecule has 3 aromatic rings. The van der Waals surface area contributed by atoms with Gasteiger partial charge in [-0.15, -0.1) is 0 Å². The number of anilines is 1. The second-order valence-corrected chi connectivity index (χ2v) is 14.0.